The molecule has 0 bridgehead atoms. The molecule has 1 aliphatic carbocycles. The first-order chi connectivity index (χ1) is 23.8. The van der Waals surface area contributed by atoms with Gasteiger partial charge >= 0.3 is 0 Å². The Morgan fingerprint density at radius 1 is 0.417 bits per heavy atom. The van der Waals surface area contributed by atoms with Crippen LogP contribution in [0.25, 0.3) is 115 Å². The predicted octanol–water partition coefficient (Wildman–Crippen LogP) is 11.7. The second-order valence-electron chi connectivity index (χ2n) is 12.9. The number of nitrogens with zero attached hydrogens (tertiary/aromatic N) is 3. The lowest BCUT2D eigenvalue weighted by atomic mass is 9.92. The van der Waals surface area contributed by atoms with Crippen LogP contribution < -0.4 is 0 Å². The molecule has 4 nitrogen and oxygen atoms in total. The minimum Gasteiger partial charge on any atom is -0.456 e. The van der Waals surface area contributed by atoms with Gasteiger partial charge < -0.3 is 4.42 Å². The number of aromatic nitrogens is 3. The molecule has 0 atom stereocenters. The van der Waals surface area contributed by atoms with Crippen molar-refractivity contribution in [2.45, 2.75) is 0 Å². The van der Waals surface area contributed by atoms with E-state index in [1.54, 1.807) is 0 Å². The number of furan rings is 1. The van der Waals surface area contributed by atoms with Crippen molar-refractivity contribution in [3.63, 3.8) is 0 Å². The van der Waals surface area contributed by atoms with Crippen LogP contribution in [0.15, 0.2) is 144 Å². The van der Waals surface area contributed by atoms with Gasteiger partial charge in [-0.1, -0.05) is 109 Å². The molecule has 1 aliphatic rings. The van der Waals surface area contributed by atoms with Gasteiger partial charge in [0.1, 0.15) is 16.9 Å². The van der Waals surface area contributed by atoms with Crippen LogP contribution in [-0.2, 0) is 0 Å². The van der Waals surface area contributed by atoms with Crippen molar-refractivity contribution in [2.75, 3.05) is 0 Å². The first-order valence-electron chi connectivity index (χ1n) is 16.3. The van der Waals surface area contributed by atoms with E-state index in [0.29, 0.717) is 0 Å². The first-order valence-corrected chi connectivity index (χ1v) is 16.3. The summed E-state index contributed by atoms with van der Waals surface area (Å²) in [6.45, 7) is 0. The van der Waals surface area contributed by atoms with Crippen LogP contribution in [0.2, 0.25) is 0 Å². The lowest BCUT2D eigenvalue weighted by Crippen LogP contribution is -2.04. The monoisotopic (exact) mass is 609 g/mol. The lowest BCUT2D eigenvalue weighted by molar-refractivity contribution is 0.669. The Morgan fingerprint density at radius 3 is 1.96 bits per heavy atom. The Hall–Kier alpha value is -6.52. The highest BCUT2D eigenvalue weighted by atomic mass is 16.3. The fourth-order valence-electron chi connectivity index (χ4n) is 8.59. The van der Waals surface area contributed by atoms with Gasteiger partial charge in [0.25, 0.3) is 0 Å². The molecular formula is C44H23N3O. The number of rotatable bonds is 2. The normalized spacial score (nSPS) is 12.6. The Kier molecular flexibility index (Phi) is 4.44. The van der Waals surface area contributed by atoms with E-state index in [1.807, 2.05) is 12.1 Å². The van der Waals surface area contributed by atoms with E-state index in [9.17, 15) is 0 Å². The lowest BCUT2D eigenvalue weighted by Gasteiger charge is -2.17. The highest BCUT2D eigenvalue weighted by molar-refractivity contribution is 6.42. The predicted molar refractivity (Wildman–Crippen MR) is 198 cm³/mol. The van der Waals surface area contributed by atoms with Crippen molar-refractivity contribution >= 4 is 87.1 Å². The van der Waals surface area contributed by atoms with Gasteiger partial charge in [-0.25, -0.2) is 9.97 Å². The van der Waals surface area contributed by atoms with Crippen LogP contribution in [0.3, 0.4) is 0 Å². The number of hydrogen-bond donors (Lipinski definition) is 0. The molecule has 0 radical (unpaired) electrons. The smallest absolute Gasteiger partial charge is 0.165 e. The van der Waals surface area contributed by atoms with E-state index in [4.69, 9.17) is 14.4 Å². The second-order valence-corrected chi connectivity index (χ2v) is 12.9. The topological polar surface area (TPSA) is 43.9 Å². The minimum absolute atomic E-state index is 0.819. The molecular weight excluding hydrogens is 587 g/mol. The molecule has 0 unspecified atom stereocenters. The molecule has 4 heteroatoms. The summed E-state index contributed by atoms with van der Waals surface area (Å²) in [5.41, 5.74) is 10.1. The standard InChI is InChI=1S/C44H23N3O/c1-2-12-25-24(10-1)11-7-18-30(25)42-44(46-33-20-6-5-19-32(33)45-42)47-34-22-23-36-40-38-29(17-9-21-35(38)48-36)28-16-8-15-27-26-13-3-4-14-31(26)43(47)41(37(27)28)39(34)40/h1-23H. The molecule has 0 N–H and O–H groups in total. The highest BCUT2D eigenvalue weighted by Crippen LogP contribution is 2.53. The van der Waals surface area contributed by atoms with Crippen LogP contribution in [0.5, 0.6) is 0 Å². The van der Waals surface area contributed by atoms with Gasteiger partial charge in [-0.15, -0.1) is 0 Å². The van der Waals surface area contributed by atoms with E-state index >= 15 is 0 Å². The molecule has 0 aliphatic heterocycles. The van der Waals surface area contributed by atoms with Crippen molar-refractivity contribution in [2.24, 2.45) is 0 Å². The number of para-hydroxylation sites is 2. The van der Waals surface area contributed by atoms with Gasteiger partial charge in [0, 0.05) is 37.9 Å². The molecule has 12 rings (SSSR count). The molecule has 220 valence electrons. The molecule has 8 aromatic carbocycles. The van der Waals surface area contributed by atoms with E-state index in [2.05, 4.69) is 132 Å². The van der Waals surface area contributed by atoms with Crippen molar-refractivity contribution in [1.82, 2.24) is 14.5 Å². The van der Waals surface area contributed by atoms with Gasteiger partial charge in [-0.05, 0) is 63.0 Å². The van der Waals surface area contributed by atoms with E-state index in [0.717, 1.165) is 61.1 Å². The largest absolute Gasteiger partial charge is 0.456 e. The summed E-state index contributed by atoms with van der Waals surface area (Å²) in [5, 5.41) is 12.0. The molecule has 3 aromatic heterocycles. The molecule has 0 spiro atoms. The van der Waals surface area contributed by atoms with Crippen LogP contribution in [0, 0.1) is 0 Å². The fraction of sp³-hybridized carbons (Fsp3) is 0. The summed E-state index contributed by atoms with van der Waals surface area (Å²) in [5.74, 6) is 0.819. The summed E-state index contributed by atoms with van der Waals surface area (Å²) in [6.07, 6.45) is 0. The van der Waals surface area contributed by atoms with Gasteiger partial charge in [0.05, 0.1) is 22.1 Å². The Bertz CT molecular complexity index is 3230. The summed E-state index contributed by atoms with van der Waals surface area (Å²) >= 11 is 0. The third-order valence-corrected chi connectivity index (χ3v) is 10.5. The summed E-state index contributed by atoms with van der Waals surface area (Å²) in [6, 6.07) is 49.6. The fourth-order valence-corrected chi connectivity index (χ4v) is 8.59. The van der Waals surface area contributed by atoms with Crippen molar-refractivity contribution in [3.8, 4) is 28.2 Å². The summed E-state index contributed by atoms with van der Waals surface area (Å²) in [4.78, 5) is 10.9. The van der Waals surface area contributed by atoms with Gasteiger partial charge in [-0.2, -0.15) is 0 Å². The zero-order valence-electron chi connectivity index (χ0n) is 25.5. The third-order valence-electron chi connectivity index (χ3n) is 10.5. The highest BCUT2D eigenvalue weighted by Gasteiger charge is 2.29. The Morgan fingerprint density at radius 2 is 1.06 bits per heavy atom. The second kappa shape index (κ2) is 8.64. The SMILES string of the molecule is c1ccc2c(-c3nc4ccccc4nc3-n3c4ccc5oc6cccc7c6c5c4c4c5c-7cccc5c5ccccc5c43)cccc2c1. The Labute approximate surface area is 273 Å². The van der Waals surface area contributed by atoms with E-state index in [-0.39, 0.29) is 0 Å². The number of fused-ring (bicyclic) bond motifs is 6. The average Bonchev–Trinajstić information content (AvgIpc) is 3.66. The van der Waals surface area contributed by atoms with Crippen LogP contribution >= 0.6 is 0 Å². The first kappa shape index (κ1) is 24.7. The zero-order chi connectivity index (χ0) is 31.1. The summed E-state index contributed by atoms with van der Waals surface area (Å²) < 4.78 is 8.97. The zero-order valence-corrected chi connectivity index (χ0v) is 25.5. The molecule has 0 saturated heterocycles. The molecule has 0 amide bonds. The van der Waals surface area contributed by atoms with Gasteiger partial charge in [0.2, 0.25) is 0 Å². The maximum atomic E-state index is 6.58. The molecule has 3 heterocycles. The molecule has 0 fully saturated rings. The summed E-state index contributed by atoms with van der Waals surface area (Å²) in [7, 11) is 0. The van der Waals surface area contributed by atoms with Crippen LogP contribution in [0.4, 0.5) is 0 Å². The van der Waals surface area contributed by atoms with Crippen LogP contribution in [0.1, 0.15) is 0 Å². The molecule has 0 saturated carbocycles. The number of hydrogen-bond acceptors (Lipinski definition) is 3. The maximum absolute atomic E-state index is 6.58. The van der Waals surface area contributed by atoms with Crippen molar-refractivity contribution in [1.29, 1.82) is 0 Å². The number of benzene rings is 8. The van der Waals surface area contributed by atoms with Crippen molar-refractivity contribution in [3.05, 3.63) is 140 Å². The maximum Gasteiger partial charge on any atom is 0.165 e. The average molecular weight is 610 g/mol. The van der Waals surface area contributed by atoms with Crippen LogP contribution in [-0.4, -0.2) is 14.5 Å². The Balaban J connectivity index is 1.40. The molecule has 48 heavy (non-hydrogen) atoms. The van der Waals surface area contributed by atoms with Crippen molar-refractivity contribution < 1.29 is 4.42 Å². The van der Waals surface area contributed by atoms with E-state index < -0.39 is 0 Å². The van der Waals surface area contributed by atoms with Gasteiger partial charge in [0.15, 0.2) is 5.82 Å². The minimum atomic E-state index is 0.819. The third kappa shape index (κ3) is 2.92. The quantitative estimate of drug-likeness (QED) is 0.183. The molecule has 11 aromatic rings. The van der Waals surface area contributed by atoms with Gasteiger partial charge in [-0.3, -0.25) is 4.57 Å². The van der Waals surface area contributed by atoms with E-state index in [1.165, 1.54) is 54.2 Å².